The first-order chi connectivity index (χ1) is 12.1. The van der Waals surface area contributed by atoms with E-state index in [1.807, 2.05) is 13.8 Å². The maximum atomic E-state index is 12.5. The number of aliphatic hydroxyl groups excluding tert-OH is 1. The number of carboxylic acids is 1. The van der Waals surface area contributed by atoms with Gasteiger partial charge in [-0.15, -0.1) is 0 Å². The second kappa shape index (κ2) is 9.88. The number of nitrogens with two attached hydrogens (primary N) is 1. The minimum atomic E-state index is -1.21. The lowest BCUT2D eigenvalue weighted by molar-refractivity contribution is -0.142. The second-order valence-electron chi connectivity index (χ2n) is 6.64. The monoisotopic (exact) mass is 369 g/mol. The molecule has 0 aliphatic rings. The third-order valence-corrected chi connectivity index (χ3v) is 3.76. The van der Waals surface area contributed by atoms with E-state index >= 15 is 0 Å². The van der Waals surface area contributed by atoms with Crippen LogP contribution in [0.4, 0.5) is 0 Å². The van der Waals surface area contributed by atoms with Crippen molar-refractivity contribution >= 4 is 17.8 Å². The number of carboxylic acid groups (broad SMARTS) is 1. The van der Waals surface area contributed by atoms with Crippen molar-refractivity contribution in [2.24, 2.45) is 11.7 Å². The Morgan fingerprint density at radius 1 is 1.19 bits per heavy atom. The van der Waals surface area contributed by atoms with Gasteiger partial charge in [0.25, 0.3) is 0 Å². The molecule has 0 saturated heterocycles. The highest BCUT2D eigenvalue weighted by atomic mass is 16.4. The summed E-state index contributed by atoms with van der Waals surface area (Å²) in [6.45, 7) is 5.09. The summed E-state index contributed by atoms with van der Waals surface area (Å²) in [7, 11) is 0. The van der Waals surface area contributed by atoms with Gasteiger partial charge in [-0.25, -0.2) is 9.78 Å². The van der Waals surface area contributed by atoms with Gasteiger partial charge in [-0.3, -0.25) is 9.59 Å². The molecule has 4 atom stereocenters. The molecular weight excluding hydrogens is 342 g/mol. The number of rotatable bonds is 10. The number of nitrogens with zero attached hydrogens (tertiary/aromatic N) is 1. The number of hydrogen-bond acceptors (Lipinski definition) is 6. The summed E-state index contributed by atoms with van der Waals surface area (Å²) in [5, 5.41) is 23.7. The first-order valence-electron chi connectivity index (χ1n) is 8.36. The van der Waals surface area contributed by atoms with E-state index in [-0.39, 0.29) is 12.3 Å². The number of aliphatic hydroxyl groups is 1. The van der Waals surface area contributed by atoms with Crippen molar-refractivity contribution in [1.29, 1.82) is 0 Å². The quantitative estimate of drug-likeness (QED) is 0.299. The van der Waals surface area contributed by atoms with Gasteiger partial charge in [0.1, 0.15) is 18.1 Å². The molecule has 146 valence electrons. The van der Waals surface area contributed by atoms with Gasteiger partial charge in [0.15, 0.2) is 0 Å². The Morgan fingerprint density at radius 2 is 1.81 bits per heavy atom. The van der Waals surface area contributed by atoms with Crippen molar-refractivity contribution in [3.63, 3.8) is 0 Å². The number of carbonyl (C=O) groups excluding carboxylic acids is 2. The van der Waals surface area contributed by atoms with E-state index in [1.165, 1.54) is 19.4 Å². The van der Waals surface area contributed by atoms with Crippen LogP contribution in [0.1, 0.15) is 32.9 Å². The van der Waals surface area contributed by atoms with E-state index in [0.29, 0.717) is 12.1 Å². The largest absolute Gasteiger partial charge is 0.480 e. The van der Waals surface area contributed by atoms with Crippen molar-refractivity contribution in [2.45, 2.75) is 57.8 Å². The minimum absolute atomic E-state index is 0.0244. The minimum Gasteiger partial charge on any atom is -0.480 e. The molecule has 0 aliphatic heterocycles. The Morgan fingerprint density at radius 3 is 2.27 bits per heavy atom. The molecule has 1 aromatic rings. The Kier molecular flexibility index (Phi) is 8.20. The molecule has 0 bridgehead atoms. The molecule has 7 N–H and O–H groups in total. The van der Waals surface area contributed by atoms with Gasteiger partial charge < -0.3 is 31.6 Å². The highest BCUT2D eigenvalue weighted by Crippen LogP contribution is 2.07. The summed E-state index contributed by atoms with van der Waals surface area (Å²) >= 11 is 0. The lowest BCUT2D eigenvalue weighted by Crippen LogP contribution is -2.56. The van der Waals surface area contributed by atoms with Gasteiger partial charge in [0.05, 0.1) is 12.4 Å². The number of aromatic amines is 1. The molecule has 0 fully saturated rings. The first-order valence-corrected chi connectivity index (χ1v) is 8.36. The zero-order chi connectivity index (χ0) is 19.9. The van der Waals surface area contributed by atoms with Gasteiger partial charge in [-0.1, -0.05) is 13.8 Å². The number of carbonyl (C=O) groups is 3. The van der Waals surface area contributed by atoms with Crippen LogP contribution in [0.15, 0.2) is 12.5 Å². The van der Waals surface area contributed by atoms with Crippen LogP contribution in [-0.4, -0.2) is 62.2 Å². The highest BCUT2D eigenvalue weighted by molar-refractivity contribution is 5.92. The van der Waals surface area contributed by atoms with E-state index < -0.39 is 42.0 Å². The van der Waals surface area contributed by atoms with E-state index in [0.717, 1.165) is 0 Å². The van der Waals surface area contributed by atoms with Gasteiger partial charge in [-0.05, 0) is 19.3 Å². The second-order valence-corrected chi connectivity index (χ2v) is 6.64. The van der Waals surface area contributed by atoms with E-state index in [2.05, 4.69) is 20.6 Å². The van der Waals surface area contributed by atoms with Crippen LogP contribution < -0.4 is 16.4 Å². The highest BCUT2D eigenvalue weighted by Gasteiger charge is 2.29. The Hall–Kier alpha value is -2.46. The van der Waals surface area contributed by atoms with Gasteiger partial charge in [-0.2, -0.15) is 0 Å². The van der Waals surface area contributed by atoms with E-state index in [4.69, 9.17) is 5.73 Å². The molecule has 0 spiro atoms. The molecule has 10 nitrogen and oxygen atoms in total. The molecular formula is C16H27N5O5. The van der Waals surface area contributed by atoms with Crippen LogP contribution in [0, 0.1) is 5.92 Å². The van der Waals surface area contributed by atoms with Gasteiger partial charge in [0, 0.05) is 18.3 Å². The molecule has 0 saturated carbocycles. The Balaban J connectivity index is 2.82. The topological polar surface area (TPSA) is 170 Å². The lowest BCUT2D eigenvalue weighted by atomic mass is 10.0. The first kappa shape index (κ1) is 21.6. The average molecular weight is 369 g/mol. The number of H-pyrrole nitrogens is 1. The van der Waals surface area contributed by atoms with Crippen molar-refractivity contribution in [3.05, 3.63) is 18.2 Å². The lowest BCUT2D eigenvalue weighted by Gasteiger charge is -2.24. The zero-order valence-electron chi connectivity index (χ0n) is 15.1. The third-order valence-electron chi connectivity index (χ3n) is 3.76. The van der Waals surface area contributed by atoms with E-state index in [1.54, 1.807) is 0 Å². The predicted molar refractivity (Wildman–Crippen MR) is 92.9 cm³/mol. The fourth-order valence-corrected chi connectivity index (χ4v) is 2.28. The number of hydrogen-bond donors (Lipinski definition) is 6. The summed E-state index contributed by atoms with van der Waals surface area (Å²) in [6.07, 6.45) is 2.12. The normalized spacial score (nSPS) is 15.8. The van der Waals surface area contributed by atoms with Crippen molar-refractivity contribution in [3.8, 4) is 0 Å². The molecule has 0 unspecified atom stereocenters. The number of aromatic nitrogens is 2. The molecule has 0 radical (unpaired) electrons. The van der Waals surface area contributed by atoms with Gasteiger partial charge in [0.2, 0.25) is 11.8 Å². The summed E-state index contributed by atoms with van der Waals surface area (Å²) in [4.78, 5) is 42.6. The summed E-state index contributed by atoms with van der Waals surface area (Å²) in [5.74, 6) is -2.45. The third kappa shape index (κ3) is 6.81. The summed E-state index contributed by atoms with van der Waals surface area (Å²) in [6, 6.07) is -3.33. The van der Waals surface area contributed by atoms with Crippen molar-refractivity contribution in [1.82, 2.24) is 20.6 Å². The average Bonchev–Trinajstić information content (AvgIpc) is 3.04. The number of imidazole rings is 1. The van der Waals surface area contributed by atoms with Gasteiger partial charge >= 0.3 is 5.97 Å². The molecule has 1 rings (SSSR count). The van der Waals surface area contributed by atoms with Crippen LogP contribution in [0.5, 0.6) is 0 Å². The number of aliphatic carboxylic acids is 1. The summed E-state index contributed by atoms with van der Waals surface area (Å²) in [5.41, 5.74) is 6.13. The zero-order valence-corrected chi connectivity index (χ0v) is 15.1. The van der Waals surface area contributed by atoms with Crippen LogP contribution >= 0.6 is 0 Å². The standard InChI is InChI=1S/C16H27N5O5/c1-8(2)4-11(20-15(24)13(17)9(3)22)14(23)21-12(16(25)26)5-10-6-18-7-19-10/h6-9,11-13,22H,4-5,17H2,1-3H3,(H,18,19)(H,20,24)(H,21,23)(H,25,26)/t9-,11+,12+,13+/m1/s1. The van der Waals surface area contributed by atoms with Crippen molar-refractivity contribution in [2.75, 3.05) is 0 Å². The SMILES string of the molecule is CC(C)C[C@H](NC(=O)[C@@H](N)[C@@H](C)O)C(=O)N[C@@H](Cc1cnc[nH]1)C(=O)O. The Labute approximate surface area is 151 Å². The van der Waals surface area contributed by atoms with Crippen LogP contribution in [0.3, 0.4) is 0 Å². The van der Waals surface area contributed by atoms with E-state index in [9.17, 15) is 24.6 Å². The smallest absolute Gasteiger partial charge is 0.326 e. The molecule has 2 amide bonds. The molecule has 26 heavy (non-hydrogen) atoms. The van der Waals surface area contributed by atoms with Crippen LogP contribution in [0.2, 0.25) is 0 Å². The maximum absolute atomic E-state index is 12.5. The van der Waals surface area contributed by atoms with Crippen molar-refractivity contribution < 1.29 is 24.6 Å². The molecule has 0 aromatic carbocycles. The van der Waals surface area contributed by atoms with Crippen LogP contribution in [0.25, 0.3) is 0 Å². The number of nitrogens with one attached hydrogen (secondary N) is 3. The Bertz CT molecular complexity index is 602. The molecule has 10 heteroatoms. The predicted octanol–water partition coefficient (Wildman–Crippen LogP) is -1.24. The molecule has 1 aromatic heterocycles. The maximum Gasteiger partial charge on any atom is 0.326 e. The van der Waals surface area contributed by atoms with Crippen LogP contribution in [-0.2, 0) is 20.8 Å². The number of amides is 2. The fourth-order valence-electron chi connectivity index (χ4n) is 2.28. The summed E-state index contributed by atoms with van der Waals surface area (Å²) < 4.78 is 0. The fraction of sp³-hybridized carbons (Fsp3) is 0.625. The molecule has 0 aliphatic carbocycles. The molecule has 1 heterocycles.